The van der Waals surface area contributed by atoms with Gasteiger partial charge in [-0.1, -0.05) is 0 Å². The first-order chi connectivity index (χ1) is 10.2. The lowest BCUT2D eigenvalue weighted by atomic mass is 10.1. The fraction of sp³-hybridized carbons (Fsp3) is 0.250. The molecule has 1 aliphatic heterocycles. The average Bonchev–Trinajstić information content (AvgIpc) is 2.97. The van der Waals surface area contributed by atoms with E-state index in [4.69, 9.17) is 0 Å². The second-order valence-electron chi connectivity index (χ2n) is 4.95. The van der Waals surface area contributed by atoms with Crippen molar-refractivity contribution in [2.24, 2.45) is 0 Å². The minimum absolute atomic E-state index is 0.0692. The van der Waals surface area contributed by atoms with Crippen molar-refractivity contribution in [3.63, 3.8) is 0 Å². The molecule has 0 N–H and O–H groups in total. The van der Waals surface area contributed by atoms with Gasteiger partial charge in [-0.05, 0) is 48.1 Å². The highest BCUT2D eigenvalue weighted by molar-refractivity contribution is 7.98. The van der Waals surface area contributed by atoms with E-state index in [9.17, 15) is 9.59 Å². The van der Waals surface area contributed by atoms with Gasteiger partial charge in [0.15, 0.2) is 0 Å². The van der Waals surface area contributed by atoms with Gasteiger partial charge in [-0.25, -0.2) is 0 Å². The molecule has 3 rings (SSSR count). The maximum Gasteiger partial charge on any atom is 0.213 e. The van der Waals surface area contributed by atoms with Crippen LogP contribution in [0.15, 0.2) is 30.3 Å². The van der Waals surface area contributed by atoms with Crippen LogP contribution in [0.2, 0.25) is 0 Å². The lowest BCUT2D eigenvalue weighted by Gasteiger charge is -2.10. The normalized spacial score (nSPS) is 13.6. The molecule has 1 aromatic heterocycles. The van der Waals surface area contributed by atoms with E-state index >= 15 is 0 Å². The van der Waals surface area contributed by atoms with E-state index in [2.05, 4.69) is 0 Å². The number of fused-ring (bicyclic) bond motifs is 1. The summed E-state index contributed by atoms with van der Waals surface area (Å²) in [7, 11) is 1.69. The third-order valence-corrected chi connectivity index (χ3v) is 5.79. The summed E-state index contributed by atoms with van der Waals surface area (Å²) in [6, 6.07) is 9.20. The summed E-state index contributed by atoms with van der Waals surface area (Å²) in [6.07, 6.45) is 1.82. The van der Waals surface area contributed by atoms with Crippen LogP contribution in [0.25, 0.3) is 0 Å². The number of hydrogen-bond donors (Lipinski definition) is 0. The number of amides is 1. The predicted octanol–water partition coefficient (Wildman–Crippen LogP) is 3.36. The van der Waals surface area contributed by atoms with Crippen LogP contribution in [0.4, 0.5) is 5.69 Å². The number of nitrogens with zero attached hydrogens (tertiary/aromatic N) is 1. The lowest BCUT2D eigenvalue weighted by molar-refractivity contribution is -0.107. The number of anilines is 1. The van der Waals surface area contributed by atoms with Crippen molar-refractivity contribution in [3.8, 4) is 0 Å². The van der Waals surface area contributed by atoms with E-state index in [-0.39, 0.29) is 5.78 Å². The molecule has 1 amide bonds. The van der Waals surface area contributed by atoms with E-state index in [1.54, 1.807) is 42.6 Å². The fourth-order valence-electron chi connectivity index (χ4n) is 2.31. The molecule has 0 atom stereocenters. The number of thioether (sulfide) groups is 1. The van der Waals surface area contributed by atoms with Crippen LogP contribution in [0.5, 0.6) is 0 Å². The van der Waals surface area contributed by atoms with Crippen LogP contribution >= 0.6 is 23.1 Å². The van der Waals surface area contributed by atoms with Crippen LogP contribution in [0, 0.1) is 0 Å². The van der Waals surface area contributed by atoms with Crippen molar-refractivity contribution in [3.05, 3.63) is 51.2 Å². The van der Waals surface area contributed by atoms with Crippen molar-refractivity contribution in [1.29, 1.82) is 0 Å². The Labute approximate surface area is 132 Å². The zero-order chi connectivity index (χ0) is 14.8. The fourth-order valence-corrected chi connectivity index (χ4v) is 4.64. The standard InChI is InChI=1S/C16H15NO2S2/c1-17(10-18)13-4-2-11(3-5-13)16(19)15-8-12-9-20-7-6-14(12)21-15/h2-5,8,10H,6-7,9H2,1H3. The molecule has 0 bridgehead atoms. The highest BCUT2D eigenvalue weighted by Gasteiger charge is 2.18. The zero-order valence-corrected chi connectivity index (χ0v) is 13.3. The molecule has 0 aliphatic carbocycles. The Morgan fingerprint density at radius 2 is 2.05 bits per heavy atom. The maximum absolute atomic E-state index is 12.5. The summed E-state index contributed by atoms with van der Waals surface area (Å²) < 4.78 is 0. The molecule has 0 saturated carbocycles. The van der Waals surface area contributed by atoms with Gasteiger partial charge in [0.1, 0.15) is 0 Å². The van der Waals surface area contributed by atoms with Crippen molar-refractivity contribution >= 4 is 41.0 Å². The predicted molar refractivity (Wildman–Crippen MR) is 88.5 cm³/mol. The Morgan fingerprint density at radius 3 is 2.71 bits per heavy atom. The van der Waals surface area contributed by atoms with Gasteiger partial charge >= 0.3 is 0 Å². The Hall–Kier alpha value is -1.59. The molecule has 2 heterocycles. The molecule has 0 fully saturated rings. The van der Waals surface area contributed by atoms with Gasteiger partial charge in [0, 0.05) is 28.9 Å². The van der Waals surface area contributed by atoms with Gasteiger partial charge in [-0.15, -0.1) is 11.3 Å². The van der Waals surface area contributed by atoms with Crippen molar-refractivity contribution in [2.75, 3.05) is 17.7 Å². The molecule has 21 heavy (non-hydrogen) atoms. The van der Waals surface area contributed by atoms with Crippen LogP contribution in [0.1, 0.15) is 25.7 Å². The van der Waals surface area contributed by atoms with E-state index in [0.29, 0.717) is 5.56 Å². The van der Waals surface area contributed by atoms with E-state index < -0.39 is 0 Å². The van der Waals surface area contributed by atoms with Gasteiger partial charge in [0.25, 0.3) is 0 Å². The third-order valence-electron chi connectivity index (χ3n) is 3.55. The quantitative estimate of drug-likeness (QED) is 0.641. The summed E-state index contributed by atoms with van der Waals surface area (Å²) >= 11 is 3.55. The molecule has 3 nitrogen and oxygen atoms in total. The monoisotopic (exact) mass is 317 g/mol. The molecule has 108 valence electrons. The number of rotatable bonds is 4. The Balaban J connectivity index is 1.84. The molecule has 0 radical (unpaired) electrons. The van der Waals surface area contributed by atoms with Crippen molar-refractivity contribution in [2.45, 2.75) is 12.2 Å². The van der Waals surface area contributed by atoms with Gasteiger partial charge in [0.2, 0.25) is 12.2 Å². The first-order valence-electron chi connectivity index (χ1n) is 6.71. The largest absolute Gasteiger partial charge is 0.318 e. The molecule has 0 saturated heterocycles. The van der Waals surface area contributed by atoms with Crippen molar-refractivity contribution in [1.82, 2.24) is 0 Å². The first kappa shape index (κ1) is 14.4. The minimum atomic E-state index is 0.0692. The summed E-state index contributed by atoms with van der Waals surface area (Å²) in [5.41, 5.74) is 2.77. The van der Waals surface area contributed by atoms with Gasteiger partial charge < -0.3 is 4.90 Å². The first-order valence-corrected chi connectivity index (χ1v) is 8.68. The number of aryl methyl sites for hydroxylation is 1. The number of benzene rings is 1. The molecule has 1 aliphatic rings. The number of thiophene rings is 1. The van der Waals surface area contributed by atoms with E-state index in [0.717, 1.165) is 34.9 Å². The molecule has 5 heteroatoms. The Morgan fingerprint density at radius 1 is 1.29 bits per heavy atom. The molecule has 1 aromatic carbocycles. The summed E-state index contributed by atoms with van der Waals surface area (Å²) in [6.45, 7) is 0. The number of carbonyl (C=O) groups excluding carboxylic acids is 2. The van der Waals surface area contributed by atoms with Crippen LogP contribution in [0.3, 0.4) is 0 Å². The maximum atomic E-state index is 12.5. The Bertz CT molecular complexity index is 653. The SMILES string of the molecule is CN(C=O)c1ccc(C(=O)c2cc3c(s2)CCSC3)cc1. The second-order valence-corrected chi connectivity index (χ2v) is 7.20. The molecular weight excluding hydrogens is 302 g/mol. The number of ketones is 1. The second kappa shape index (κ2) is 6.03. The van der Waals surface area contributed by atoms with Crippen LogP contribution in [-0.2, 0) is 17.0 Å². The molecule has 0 spiro atoms. The van der Waals surface area contributed by atoms with Crippen LogP contribution in [-0.4, -0.2) is 25.0 Å². The third kappa shape index (κ3) is 2.89. The van der Waals surface area contributed by atoms with Gasteiger partial charge in [-0.2, -0.15) is 11.8 Å². The lowest BCUT2D eigenvalue weighted by Crippen LogP contribution is -2.13. The van der Waals surface area contributed by atoms with Gasteiger partial charge in [-0.3, -0.25) is 9.59 Å². The molecule has 0 unspecified atom stereocenters. The highest BCUT2D eigenvalue weighted by atomic mass is 32.2. The summed E-state index contributed by atoms with van der Waals surface area (Å²) in [4.78, 5) is 26.9. The summed E-state index contributed by atoms with van der Waals surface area (Å²) in [5, 5.41) is 0. The summed E-state index contributed by atoms with van der Waals surface area (Å²) in [5.74, 6) is 2.23. The smallest absolute Gasteiger partial charge is 0.213 e. The van der Waals surface area contributed by atoms with Gasteiger partial charge in [0.05, 0.1) is 4.88 Å². The highest BCUT2D eigenvalue weighted by Crippen LogP contribution is 2.32. The average molecular weight is 317 g/mol. The molecule has 2 aromatic rings. The topological polar surface area (TPSA) is 37.4 Å². The van der Waals surface area contributed by atoms with Crippen LogP contribution < -0.4 is 4.90 Å². The minimum Gasteiger partial charge on any atom is -0.318 e. The van der Waals surface area contributed by atoms with E-state index in [1.807, 2.05) is 17.8 Å². The van der Waals surface area contributed by atoms with E-state index in [1.165, 1.54) is 15.3 Å². The Kier molecular flexibility index (Phi) is 4.12. The number of hydrogen-bond acceptors (Lipinski definition) is 4. The molecular formula is C16H15NO2S2. The number of carbonyl (C=O) groups is 2. The van der Waals surface area contributed by atoms with Crippen molar-refractivity contribution < 1.29 is 9.59 Å². The zero-order valence-electron chi connectivity index (χ0n) is 11.7.